The smallest absolute Gasteiger partial charge is 0.375 e. The molecule has 4 nitrogen and oxygen atoms in total. The number of alkyl halides is 3. The third kappa shape index (κ3) is 4.02. The second-order valence-electron chi connectivity index (χ2n) is 3.76. The highest BCUT2D eigenvalue weighted by Gasteiger charge is 2.29. The lowest BCUT2D eigenvalue weighted by Crippen LogP contribution is -2.24. The van der Waals surface area contributed by atoms with Gasteiger partial charge in [-0.2, -0.15) is 18.3 Å². The Morgan fingerprint density at radius 3 is 2.67 bits per heavy atom. The van der Waals surface area contributed by atoms with Gasteiger partial charge in [-0.3, -0.25) is 5.43 Å². The van der Waals surface area contributed by atoms with Gasteiger partial charge in [-0.1, -0.05) is 0 Å². The van der Waals surface area contributed by atoms with E-state index in [1.54, 1.807) is 19.9 Å². The Balaban J connectivity index is 2.94. The molecule has 0 saturated carbocycles. The number of nitrogens with two attached hydrogens (primary N) is 1. The van der Waals surface area contributed by atoms with Crippen LogP contribution in [0, 0.1) is 13.8 Å². The van der Waals surface area contributed by atoms with E-state index in [0.29, 0.717) is 17.0 Å². The molecule has 0 aliphatic heterocycles. The van der Waals surface area contributed by atoms with Crippen molar-refractivity contribution in [3.8, 4) is 0 Å². The van der Waals surface area contributed by atoms with Gasteiger partial charge in [0.15, 0.2) is 5.11 Å². The SMILES string of the molecule is Cc1cc(C=NNC(N)=S)c(C)n1CC(F)(F)F. The van der Waals surface area contributed by atoms with E-state index in [2.05, 4.69) is 22.7 Å². The number of hydrazone groups is 1. The number of nitrogens with zero attached hydrogens (tertiary/aromatic N) is 2. The summed E-state index contributed by atoms with van der Waals surface area (Å²) in [6.45, 7) is 2.19. The summed E-state index contributed by atoms with van der Waals surface area (Å²) in [5.41, 5.74) is 9.09. The molecule has 0 radical (unpaired) electrons. The van der Waals surface area contributed by atoms with Crippen molar-refractivity contribution in [1.82, 2.24) is 9.99 Å². The number of thiocarbonyl (C=S) groups is 1. The summed E-state index contributed by atoms with van der Waals surface area (Å²) >= 11 is 4.55. The topological polar surface area (TPSA) is 55.3 Å². The summed E-state index contributed by atoms with van der Waals surface area (Å²) in [6.07, 6.45) is -2.87. The number of hydrogen-bond acceptors (Lipinski definition) is 2. The number of halogens is 3. The summed E-state index contributed by atoms with van der Waals surface area (Å²) in [6, 6.07) is 1.62. The minimum atomic E-state index is -4.25. The van der Waals surface area contributed by atoms with Crippen LogP contribution in [0.2, 0.25) is 0 Å². The zero-order valence-electron chi connectivity index (χ0n) is 9.88. The Morgan fingerprint density at radius 2 is 2.17 bits per heavy atom. The molecule has 0 bridgehead atoms. The summed E-state index contributed by atoms with van der Waals surface area (Å²) in [5, 5.41) is 3.71. The predicted octanol–water partition coefficient (Wildman–Crippen LogP) is 1.83. The first-order valence-corrected chi connectivity index (χ1v) is 5.43. The Labute approximate surface area is 108 Å². The average Bonchev–Trinajstić information content (AvgIpc) is 2.43. The fraction of sp³-hybridized carbons (Fsp3) is 0.400. The molecule has 1 rings (SSSR count). The lowest BCUT2D eigenvalue weighted by atomic mass is 10.3. The average molecular weight is 278 g/mol. The molecule has 100 valence electrons. The monoisotopic (exact) mass is 278 g/mol. The van der Waals surface area contributed by atoms with Crippen molar-refractivity contribution < 1.29 is 13.2 Å². The molecule has 0 aromatic carbocycles. The van der Waals surface area contributed by atoms with Crippen LogP contribution in [-0.2, 0) is 6.54 Å². The first-order chi connectivity index (χ1) is 8.20. The molecule has 0 atom stereocenters. The molecule has 0 fully saturated rings. The van der Waals surface area contributed by atoms with Gasteiger partial charge < -0.3 is 10.3 Å². The third-order valence-corrected chi connectivity index (χ3v) is 2.42. The molecule has 0 amide bonds. The van der Waals surface area contributed by atoms with Crippen LogP contribution in [-0.4, -0.2) is 22.1 Å². The van der Waals surface area contributed by atoms with Gasteiger partial charge in [0.05, 0.1) is 6.21 Å². The lowest BCUT2D eigenvalue weighted by molar-refractivity contribution is -0.141. The molecule has 1 aromatic rings. The van der Waals surface area contributed by atoms with Crippen molar-refractivity contribution in [3.05, 3.63) is 23.0 Å². The van der Waals surface area contributed by atoms with E-state index in [1.807, 2.05) is 0 Å². The Kier molecular flexibility index (Phi) is 4.33. The Bertz CT molecular complexity index is 476. The molecule has 0 aliphatic rings. The normalized spacial score (nSPS) is 12.1. The van der Waals surface area contributed by atoms with Gasteiger partial charge in [-0.05, 0) is 32.1 Å². The summed E-state index contributed by atoms with van der Waals surface area (Å²) < 4.78 is 38.3. The van der Waals surface area contributed by atoms with Crippen molar-refractivity contribution in [2.75, 3.05) is 0 Å². The molecular formula is C10H13F3N4S. The molecule has 0 aliphatic carbocycles. The lowest BCUT2D eigenvalue weighted by Gasteiger charge is -2.12. The standard InChI is InChI=1S/C10H13F3N4S/c1-6-3-8(4-15-16-9(14)18)7(2)17(6)5-10(11,12)13/h3-4H,5H2,1-2H3,(H3,14,16,18). The molecule has 18 heavy (non-hydrogen) atoms. The third-order valence-electron chi connectivity index (χ3n) is 2.33. The molecule has 1 heterocycles. The highest BCUT2D eigenvalue weighted by atomic mass is 32.1. The van der Waals surface area contributed by atoms with Crippen molar-refractivity contribution in [2.24, 2.45) is 10.8 Å². The molecular weight excluding hydrogens is 265 g/mol. The maximum absolute atomic E-state index is 12.4. The number of aryl methyl sites for hydroxylation is 1. The second kappa shape index (κ2) is 5.38. The zero-order valence-corrected chi connectivity index (χ0v) is 10.7. The number of rotatable bonds is 3. The van der Waals surface area contributed by atoms with E-state index in [9.17, 15) is 13.2 Å². The van der Waals surface area contributed by atoms with E-state index >= 15 is 0 Å². The van der Waals surface area contributed by atoms with Gasteiger partial charge in [0.25, 0.3) is 0 Å². The van der Waals surface area contributed by atoms with Crippen LogP contribution >= 0.6 is 12.2 Å². The van der Waals surface area contributed by atoms with Crippen LogP contribution < -0.4 is 11.2 Å². The highest BCUT2D eigenvalue weighted by molar-refractivity contribution is 7.80. The van der Waals surface area contributed by atoms with E-state index in [4.69, 9.17) is 5.73 Å². The van der Waals surface area contributed by atoms with Gasteiger partial charge in [0.1, 0.15) is 6.54 Å². The van der Waals surface area contributed by atoms with Gasteiger partial charge >= 0.3 is 6.18 Å². The minimum Gasteiger partial charge on any atom is -0.375 e. The van der Waals surface area contributed by atoms with E-state index in [0.717, 1.165) is 0 Å². The summed E-state index contributed by atoms with van der Waals surface area (Å²) in [4.78, 5) is 0. The van der Waals surface area contributed by atoms with Crippen LogP contribution in [0.1, 0.15) is 17.0 Å². The van der Waals surface area contributed by atoms with E-state index in [-0.39, 0.29) is 5.11 Å². The molecule has 1 aromatic heterocycles. The van der Waals surface area contributed by atoms with Crippen molar-refractivity contribution in [1.29, 1.82) is 0 Å². The molecule has 0 unspecified atom stereocenters. The van der Waals surface area contributed by atoms with Gasteiger partial charge in [-0.15, -0.1) is 0 Å². The summed E-state index contributed by atoms with van der Waals surface area (Å²) in [5.74, 6) is 0. The van der Waals surface area contributed by atoms with Crippen LogP contribution in [0.5, 0.6) is 0 Å². The van der Waals surface area contributed by atoms with E-state index in [1.165, 1.54) is 10.8 Å². The quantitative estimate of drug-likeness (QED) is 0.504. The van der Waals surface area contributed by atoms with E-state index < -0.39 is 12.7 Å². The van der Waals surface area contributed by atoms with Crippen LogP contribution in [0.4, 0.5) is 13.2 Å². The van der Waals surface area contributed by atoms with Gasteiger partial charge in [0.2, 0.25) is 0 Å². The second-order valence-corrected chi connectivity index (χ2v) is 4.20. The molecule has 0 spiro atoms. The fourth-order valence-corrected chi connectivity index (χ4v) is 1.60. The van der Waals surface area contributed by atoms with Crippen molar-refractivity contribution >= 4 is 23.5 Å². The Hall–Kier alpha value is -1.57. The largest absolute Gasteiger partial charge is 0.406 e. The molecule has 3 N–H and O–H groups in total. The molecule has 8 heteroatoms. The summed E-state index contributed by atoms with van der Waals surface area (Å²) in [7, 11) is 0. The van der Waals surface area contributed by atoms with Crippen LogP contribution in [0.3, 0.4) is 0 Å². The number of nitrogens with one attached hydrogen (secondary N) is 1. The minimum absolute atomic E-state index is 0.00431. The van der Waals surface area contributed by atoms with Gasteiger partial charge in [-0.25, -0.2) is 0 Å². The van der Waals surface area contributed by atoms with Crippen LogP contribution in [0.15, 0.2) is 11.2 Å². The predicted molar refractivity (Wildman–Crippen MR) is 67.5 cm³/mol. The zero-order chi connectivity index (χ0) is 13.9. The van der Waals surface area contributed by atoms with Crippen LogP contribution in [0.25, 0.3) is 0 Å². The maximum Gasteiger partial charge on any atom is 0.406 e. The molecule has 0 saturated heterocycles. The van der Waals surface area contributed by atoms with Crippen molar-refractivity contribution in [3.63, 3.8) is 0 Å². The first kappa shape index (κ1) is 14.5. The fourth-order valence-electron chi connectivity index (χ4n) is 1.55. The number of hydrogen-bond donors (Lipinski definition) is 2. The maximum atomic E-state index is 12.4. The number of aromatic nitrogens is 1. The van der Waals surface area contributed by atoms with Gasteiger partial charge in [0, 0.05) is 17.0 Å². The van der Waals surface area contributed by atoms with Crippen molar-refractivity contribution in [2.45, 2.75) is 26.6 Å². The Morgan fingerprint density at radius 1 is 1.56 bits per heavy atom. The first-order valence-electron chi connectivity index (χ1n) is 5.02. The highest BCUT2D eigenvalue weighted by Crippen LogP contribution is 2.22.